The van der Waals surface area contributed by atoms with Crippen LogP contribution in [-0.4, -0.2) is 4.98 Å². The smallest absolute Gasteiger partial charge is 0.294 e. The molecule has 6 heteroatoms. The zero-order chi connectivity index (χ0) is 13.6. The highest BCUT2D eigenvalue weighted by Gasteiger charge is 2.18. The van der Waals surface area contributed by atoms with E-state index in [1.165, 1.54) is 17.4 Å². The van der Waals surface area contributed by atoms with Crippen molar-refractivity contribution in [2.24, 2.45) is 0 Å². The van der Waals surface area contributed by atoms with Crippen LogP contribution >= 0.6 is 11.3 Å². The van der Waals surface area contributed by atoms with Gasteiger partial charge in [-0.15, -0.1) is 11.3 Å². The van der Waals surface area contributed by atoms with Gasteiger partial charge >= 0.3 is 0 Å². The van der Waals surface area contributed by atoms with E-state index < -0.39 is 22.8 Å². The predicted octanol–water partition coefficient (Wildman–Crippen LogP) is 3.50. The Morgan fingerprint density at radius 1 is 1.26 bits per heavy atom. The summed E-state index contributed by atoms with van der Waals surface area (Å²) in [6.07, 6.45) is 0. The van der Waals surface area contributed by atoms with E-state index in [1.807, 2.05) is 0 Å². The van der Waals surface area contributed by atoms with Gasteiger partial charge < -0.3 is 4.42 Å². The number of hydrogen-bond acceptors (Lipinski definition) is 4. The first-order valence-electron chi connectivity index (χ1n) is 5.41. The molecule has 96 valence electrons. The van der Waals surface area contributed by atoms with Gasteiger partial charge in [-0.3, -0.25) is 4.79 Å². The summed E-state index contributed by atoms with van der Waals surface area (Å²) in [5.74, 6) is -1.97. The fraction of sp³-hybridized carbons (Fsp3) is 0.0769. The van der Waals surface area contributed by atoms with Gasteiger partial charge in [0.1, 0.15) is 21.9 Å². The van der Waals surface area contributed by atoms with Crippen LogP contribution in [0.15, 0.2) is 32.8 Å². The quantitative estimate of drug-likeness (QED) is 0.684. The number of rotatable bonds is 1. The second-order valence-electron chi connectivity index (χ2n) is 4.00. The molecule has 3 rings (SSSR count). The number of fused-ring (bicyclic) bond motifs is 1. The molecule has 3 nitrogen and oxygen atoms in total. The number of thiophene rings is 1. The van der Waals surface area contributed by atoms with Crippen LogP contribution < -0.4 is 5.56 Å². The van der Waals surface area contributed by atoms with Crippen molar-refractivity contribution in [2.45, 2.75) is 6.92 Å². The Balaban J connectivity index is 2.38. The van der Waals surface area contributed by atoms with E-state index in [4.69, 9.17) is 4.42 Å². The summed E-state index contributed by atoms with van der Waals surface area (Å²) in [5, 5.41) is 1.73. The molecule has 0 fully saturated rings. The molecule has 0 aliphatic rings. The average Bonchev–Trinajstić information content (AvgIpc) is 2.72. The molecule has 0 radical (unpaired) electrons. The third-order valence-corrected chi connectivity index (χ3v) is 3.76. The SMILES string of the molecule is Cc1csc2c(=O)nc(-c3c(F)cccc3F)oc12. The van der Waals surface area contributed by atoms with E-state index in [0.717, 1.165) is 17.7 Å². The molecule has 0 aliphatic carbocycles. The molecule has 0 bridgehead atoms. The maximum atomic E-state index is 13.7. The van der Waals surface area contributed by atoms with Crippen LogP contribution in [0.25, 0.3) is 21.7 Å². The molecule has 0 saturated heterocycles. The lowest BCUT2D eigenvalue weighted by molar-refractivity contribution is 0.550. The minimum Gasteiger partial charge on any atom is -0.436 e. The Morgan fingerprint density at radius 2 is 1.95 bits per heavy atom. The van der Waals surface area contributed by atoms with Crippen molar-refractivity contribution in [3.63, 3.8) is 0 Å². The van der Waals surface area contributed by atoms with Crippen LogP contribution in [0.3, 0.4) is 0 Å². The molecule has 2 heterocycles. The minimum atomic E-state index is -0.817. The highest BCUT2D eigenvalue weighted by molar-refractivity contribution is 7.17. The Morgan fingerprint density at radius 3 is 2.63 bits per heavy atom. The van der Waals surface area contributed by atoms with Gasteiger partial charge in [-0.25, -0.2) is 8.78 Å². The van der Waals surface area contributed by atoms with Crippen LogP contribution in [0.4, 0.5) is 8.78 Å². The topological polar surface area (TPSA) is 43.1 Å². The summed E-state index contributed by atoms with van der Waals surface area (Å²) in [5.41, 5.74) is 0.0873. The van der Waals surface area contributed by atoms with Gasteiger partial charge in [-0.1, -0.05) is 6.07 Å². The highest BCUT2D eigenvalue weighted by atomic mass is 32.1. The van der Waals surface area contributed by atoms with Crippen LogP contribution in [0.1, 0.15) is 5.56 Å². The normalized spacial score (nSPS) is 11.1. The van der Waals surface area contributed by atoms with Gasteiger partial charge in [0.25, 0.3) is 5.56 Å². The Kier molecular flexibility index (Phi) is 2.67. The number of aryl methyl sites for hydroxylation is 1. The first-order valence-corrected chi connectivity index (χ1v) is 6.29. The summed E-state index contributed by atoms with van der Waals surface area (Å²) in [6.45, 7) is 1.75. The van der Waals surface area contributed by atoms with Crippen molar-refractivity contribution < 1.29 is 13.2 Å². The molecule has 0 spiro atoms. The number of aromatic nitrogens is 1. The summed E-state index contributed by atoms with van der Waals surface area (Å²) >= 11 is 1.20. The molecule has 0 amide bonds. The summed E-state index contributed by atoms with van der Waals surface area (Å²) in [4.78, 5) is 15.4. The standard InChI is InChI=1S/C13H7F2NO2S/c1-6-5-19-11-10(6)18-13(16-12(11)17)9-7(14)3-2-4-8(9)15/h2-5H,1H3. The Labute approximate surface area is 110 Å². The second kappa shape index (κ2) is 4.24. The molecule has 1 aromatic carbocycles. The Bertz CT molecular complexity index is 818. The van der Waals surface area contributed by atoms with Crippen molar-refractivity contribution in [3.8, 4) is 11.5 Å². The van der Waals surface area contributed by atoms with Crippen molar-refractivity contribution in [1.82, 2.24) is 4.98 Å². The van der Waals surface area contributed by atoms with E-state index in [9.17, 15) is 13.6 Å². The molecule has 0 aliphatic heterocycles. The van der Waals surface area contributed by atoms with Gasteiger partial charge in [-0.05, 0) is 24.4 Å². The first-order chi connectivity index (χ1) is 9.08. The van der Waals surface area contributed by atoms with E-state index in [1.54, 1.807) is 12.3 Å². The molecule has 3 aromatic rings. The lowest BCUT2D eigenvalue weighted by Gasteiger charge is -2.03. The number of nitrogens with zero attached hydrogens (tertiary/aromatic N) is 1. The number of hydrogen-bond donors (Lipinski definition) is 0. The monoisotopic (exact) mass is 279 g/mol. The van der Waals surface area contributed by atoms with E-state index >= 15 is 0 Å². The zero-order valence-electron chi connectivity index (χ0n) is 9.74. The summed E-state index contributed by atoms with van der Waals surface area (Å²) in [7, 11) is 0. The summed E-state index contributed by atoms with van der Waals surface area (Å²) < 4.78 is 33.0. The van der Waals surface area contributed by atoms with Crippen molar-refractivity contribution >= 4 is 21.6 Å². The fourth-order valence-electron chi connectivity index (χ4n) is 1.78. The van der Waals surface area contributed by atoms with Gasteiger partial charge in [-0.2, -0.15) is 4.98 Å². The minimum absolute atomic E-state index is 0.322. The fourth-order valence-corrected chi connectivity index (χ4v) is 2.64. The van der Waals surface area contributed by atoms with Gasteiger partial charge in [0.15, 0.2) is 5.58 Å². The molecule has 0 N–H and O–H groups in total. The lowest BCUT2D eigenvalue weighted by Crippen LogP contribution is -2.07. The van der Waals surface area contributed by atoms with E-state index in [0.29, 0.717) is 10.3 Å². The molecular formula is C13H7F2NO2S. The second-order valence-corrected chi connectivity index (χ2v) is 4.88. The average molecular weight is 279 g/mol. The van der Waals surface area contributed by atoms with Gasteiger partial charge in [0.05, 0.1) is 0 Å². The van der Waals surface area contributed by atoms with E-state index in [-0.39, 0.29) is 5.89 Å². The van der Waals surface area contributed by atoms with Crippen molar-refractivity contribution in [1.29, 1.82) is 0 Å². The van der Waals surface area contributed by atoms with Crippen LogP contribution in [0.2, 0.25) is 0 Å². The van der Waals surface area contributed by atoms with Crippen LogP contribution in [-0.2, 0) is 0 Å². The van der Waals surface area contributed by atoms with Crippen molar-refractivity contribution in [3.05, 3.63) is 51.1 Å². The van der Waals surface area contributed by atoms with Crippen LogP contribution in [0.5, 0.6) is 0 Å². The van der Waals surface area contributed by atoms with Crippen LogP contribution in [0, 0.1) is 18.6 Å². The van der Waals surface area contributed by atoms with Gasteiger partial charge in [0, 0.05) is 5.56 Å². The third-order valence-electron chi connectivity index (χ3n) is 2.69. The molecule has 0 saturated carbocycles. The number of halogens is 2. The largest absolute Gasteiger partial charge is 0.436 e. The maximum Gasteiger partial charge on any atom is 0.294 e. The third kappa shape index (κ3) is 1.84. The first kappa shape index (κ1) is 12.0. The molecule has 19 heavy (non-hydrogen) atoms. The maximum absolute atomic E-state index is 13.7. The highest BCUT2D eigenvalue weighted by Crippen LogP contribution is 2.28. The van der Waals surface area contributed by atoms with Crippen molar-refractivity contribution in [2.75, 3.05) is 0 Å². The molecule has 0 atom stereocenters. The zero-order valence-corrected chi connectivity index (χ0v) is 10.6. The molecule has 2 aromatic heterocycles. The number of benzene rings is 1. The lowest BCUT2D eigenvalue weighted by atomic mass is 10.2. The molecular weight excluding hydrogens is 272 g/mol. The molecule has 0 unspecified atom stereocenters. The van der Waals surface area contributed by atoms with Gasteiger partial charge in [0.2, 0.25) is 5.89 Å². The predicted molar refractivity (Wildman–Crippen MR) is 68.2 cm³/mol. The van der Waals surface area contributed by atoms with E-state index in [2.05, 4.69) is 4.98 Å². The summed E-state index contributed by atoms with van der Waals surface area (Å²) in [6, 6.07) is 3.41. The Hall–Kier alpha value is -2.08.